The first-order valence-electron chi connectivity index (χ1n) is 5.29. The number of carboxylic acids is 1. The lowest BCUT2D eigenvalue weighted by Gasteiger charge is -2.16. The molecule has 0 aliphatic rings. The predicted octanol–water partition coefficient (Wildman–Crippen LogP) is 1.79. The second kappa shape index (κ2) is 5.84. The molecule has 1 rings (SSSR count). The molecule has 0 radical (unpaired) electrons. The summed E-state index contributed by atoms with van der Waals surface area (Å²) in [4.78, 5) is 15.2. The van der Waals surface area contributed by atoms with Crippen molar-refractivity contribution in [2.75, 3.05) is 11.9 Å². The fourth-order valence-electron chi connectivity index (χ4n) is 1.48. The van der Waals surface area contributed by atoms with E-state index in [1.165, 1.54) is 6.07 Å². The van der Waals surface area contributed by atoms with E-state index in [0.717, 1.165) is 0 Å². The Morgan fingerprint density at radius 2 is 2.29 bits per heavy atom. The molecule has 3 N–H and O–H groups in total. The molecule has 0 aromatic carbocycles. The van der Waals surface area contributed by atoms with Gasteiger partial charge in [-0.3, -0.25) is 0 Å². The summed E-state index contributed by atoms with van der Waals surface area (Å²) >= 11 is 5.83. The van der Waals surface area contributed by atoms with Crippen molar-refractivity contribution in [2.24, 2.45) is 0 Å². The number of aromatic nitrogens is 1. The van der Waals surface area contributed by atoms with E-state index in [1.807, 2.05) is 6.92 Å². The molecule has 0 saturated heterocycles. The Morgan fingerprint density at radius 1 is 1.65 bits per heavy atom. The summed E-state index contributed by atoms with van der Waals surface area (Å²) in [5, 5.41) is 21.3. The van der Waals surface area contributed by atoms with Crippen LogP contribution in [-0.2, 0) is 6.42 Å². The molecule has 0 saturated carbocycles. The molecule has 1 atom stereocenters. The molecule has 5 nitrogen and oxygen atoms in total. The van der Waals surface area contributed by atoms with Gasteiger partial charge < -0.3 is 15.5 Å². The van der Waals surface area contributed by atoms with Gasteiger partial charge in [0.2, 0.25) is 0 Å². The number of aliphatic hydroxyl groups excluding tert-OH is 1. The number of halogens is 1. The number of anilines is 1. The van der Waals surface area contributed by atoms with Gasteiger partial charge in [-0.05, 0) is 19.4 Å². The first-order valence-corrected chi connectivity index (χ1v) is 5.67. The normalized spacial score (nSPS) is 12.2. The quantitative estimate of drug-likeness (QED) is 0.702. The molecule has 0 bridgehead atoms. The summed E-state index contributed by atoms with van der Waals surface area (Å²) in [6, 6.07) is 1.20. The van der Waals surface area contributed by atoms with Crippen LogP contribution in [0.15, 0.2) is 6.07 Å². The number of carbonyl (C=O) groups is 1. The lowest BCUT2D eigenvalue weighted by molar-refractivity contribution is 0.0696. The van der Waals surface area contributed by atoms with Crippen molar-refractivity contribution < 1.29 is 15.0 Å². The van der Waals surface area contributed by atoms with E-state index in [4.69, 9.17) is 21.8 Å². The molecule has 94 valence electrons. The molecule has 17 heavy (non-hydrogen) atoms. The highest BCUT2D eigenvalue weighted by Crippen LogP contribution is 2.24. The number of nitrogens with one attached hydrogen (secondary N) is 1. The number of hydrogen-bond donors (Lipinski definition) is 3. The predicted molar refractivity (Wildman–Crippen MR) is 65.8 cm³/mol. The molecule has 6 heteroatoms. The summed E-state index contributed by atoms with van der Waals surface area (Å²) < 4.78 is 0. The van der Waals surface area contributed by atoms with E-state index in [1.54, 1.807) is 6.92 Å². The van der Waals surface area contributed by atoms with Crippen molar-refractivity contribution in [3.8, 4) is 0 Å². The van der Waals surface area contributed by atoms with Crippen LogP contribution >= 0.6 is 11.6 Å². The number of nitrogens with zero attached hydrogens (tertiary/aromatic N) is 1. The topological polar surface area (TPSA) is 82.5 Å². The number of rotatable bonds is 5. The number of hydrogen-bond acceptors (Lipinski definition) is 4. The van der Waals surface area contributed by atoms with Crippen LogP contribution < -0.4 is 5.32 Å². The zero-order valence-electron chi connectivity index (χ0n) is 9.70. The van der Waals surface area contributed by atoms with Gasteiger partial charge in [-0.25, -0.2) is 9.78 Å². The van der Waals surface area contributed by atoms with Gasteiger partial charge in [0.15, 0.2) is 0 Å². The molecule has 1 aromatic rings. The van der Waals surface area contributed by atoms with Crippen LogP contribution in [0.25, 0.3) is 0 Å². The van der Waals surface area contributed by atoms with E-state index in [0.29, 0.717) is 17.8 Å². The van der Waals surface area contributed by atoms with Gasteiger partial charge >= 0.3 is 5.97 Å². The molecule has 0 unspecified atom stereocenters. The van der Waals surface area contributed by atoms with Gasteiger partial charge in [0.05, 0.1) is 18.0 Å². The van der Waals surface area contributed by atoms with Crippen molar-refractivity contribution >= 4 is 23.3 Å². The smallest absolute Gasteiger partial charge is 0.339 e. The van der Waals surface area contributed by atoms with Crippen molar-refractivity contribution in [2.45, 2.75) is 26.3 Å². The lowest BCUT2D eigenvalue weighted by atomic mass is 10.1. The summed E-state index contributed by atoms with van der Waals surface area (Å²) in [6.07, 6.45) is 0.477. The molecule has 0 spiro atoms. The van der Waals surface area contributed by atoms with Crippen molar-refractivity contribution in [1.82, 2.24) is 4.98 Å². The van der Waals surface area contributed by atoms with Crippen LogP contribution in [0.4, 0.5) is 5.69 Å². The van der Waals surface area contributed by atoms with Gasteiger partial charge in [0.25, 0.3) is 0 Å². The van der Waals surface area contributed by atoms with Gasteiger partial charge in [0, 0.05) is 6.04 Å². The molecule has 0 aliphatic carbocycles. The number of pyridine rings is 1. The zero-order valence-corrected chi connectivity index (χ0v) is 10.5. The molecule has 0 amide bonds. The summed E-state index contributed by atoms with van der Waals surface area (Å²) in [5.74, 6) is -1.06. The number of carboxylic acid groups (broad SMARTS) is 1. The van der Waals surface area contributed by atoms with Crippen LogP contribution in [-0.4, -0.2) is 33.8 Å². The number of aryl methyl sites for hydroxylation is 1. The van der Waals surface area contributed by atoms with E-state index >= 15 is 0 Å². The first-order chi connectivity index (χ1) is 7.99. The van der Waals surface area contributed by atoms with Gasteiger partial charge in [-0.2, -0.15) is 0 Å². The maximum atomic E-state index is 11.2. The standard InChI is InChI=1S/C11H15ClN2O3/c1-3-7-10(11(16)17)8(4-9(12)14-7)13-6(2)5-15/h4,6,15H,3,5H2,1-2H3,(H,13,14)(H,16,17)/t6-/m0/s1. The lowest BCUT2D eigenvalue weighted by Crippen LogP contribution is -2.22. The van der Waals surface area contributed by atoms with Crippen LogP contribution in [0.2, 0.25) is 5.15 Å². The fourth-order valence-corrected chi connectivity index (χ4v) is 1.69. The van der Waals surface area contributed by atoms with E-state index in [2.05, 4.69) is 10.3 Å². The van der Waals surface area contributed by atoms with Gasteiger partial charge in [0.1, 0.15) is 10.7 Å². The third kappa shape index (κ3) is 3.31. The van der Waals surface area contributed by atoms with Crippen LogP contribution in [0.5, 0.6) is 0 Å². The summed E-state index contributed by atoms with van der Waals surface area (Å²) in [7, 11) is 0. The molecule has 1 aromatic heterocycles. The average Bonchev–Trinajstić information content (AvgIpc) is 2.27. The largest absolute Gasteiger partial charge is 0.478 e. The van der Waals surface area contributed by atoms with Crippen molar-refractivity contribution in [1.29, 1.82) is 0 Å². The van der Waals surface area contributed by atoms with Crippen LogP contribution in [0, 0.1) is 0 Å². The van der Waals surface area contributed by atoms with Crippen molar-refractivity contribution in [3.05, 3.63) is 22.5 Å². The third-order valence-electron chi connectivity index (χ3n) is 2.29. The van der Waals surface area contributed by atoms with E-state index in [-0.39, 0.29) is 23.4 Å². The Hall–Kier alpha value is -1.33. The zero-order chi connectivity index (χ0) is 13.0. The minimum absolute atomic E-state index is 0.0968. The van der Waals surface area contributed by atoms with Crippen LogP contribution in [0.3, 0.4) is 0 Å². The van der Waals surface area contributed by atoms with Gasteiger partial charge in [-0.1, -0.05) is 18.5 Å². The summed E-state index contributed by atoms with van der Waals surface area (Å²) in [5.41, 5.74) is 0.922. The first kappa shape index (κ1) is 13.7. The minimum atomic E-state index is -1.06. The highest BCUT2D eigenvalue weighted by molar-refractivity contribution is 6.29. The highest BCUT2D eigenvalue weighted by Gasteiger charge is 2.18. The second-order valence-corrected chi connectivity index (χ2v) is 4.09. The SMILES string of the molecule is CCc1nc(Cl)cc(N[C@@H](C)CO)c1C(=O)O. The maximum absolute atomic E-state index is 11.2. The van der Waals surface area contributed by atoms with Crippen molar-refractivity contribution in [3.63, 3.8) is 0 Å². The highest BCUT2D eigenvalue weighted by atomic mass is 35.5. The Bertz CT molecular complexity index is 423. The molecular formula is C11H15ClN2O3. The third-order valence-corrected chi connectivity index (χ3v) is 2.48. The molecular weight excluding hydrogens is 244 g/mol. The molecule has 1 heterocycles. The Morgan fingerprint density at radius 3 is 2.76 bits per heavy atom. The molecule has 0 aliphatic heterocycles. The van der Waals surface area contributed by atoms with E-state index in [9.17, 15) is 4.79 Å². The number of aliphatic hydroxyl groups is 1. The molecule has 0 fully saturated rings. The second-order valence-electron chi connectivity index (χ2n) is 3.70. The Labute approximate surface area is 104 Å². The fraction of sp³-hybridized carbons (Fsp3) is 0.455. The average molecular weight is 259 g/mol. The number of aromatic carboxylic acids is 1. The minimum Gasteiger partial charge on any atom is -0.478 e. The summed E-state index contributed by atoms with van der Waals surface area (Å²) in [6.45, 7) is 3.45. The van der Waals surface area contributed by atoms with Gasteiger partial charge in [-0.15, -0.1) is 0 Å². The maximum Gasteiger partial charge on any atom is 0.339 e. The van der Waals surface area contributed by atoms with E-state index < -0.39 is 5.97 Å². The Kier molecular flexibility index (Phi) is 4.72. The Balaban J connectivity index is 3.25. The van der Waals surface area contributed by atoms with Crippen LogP contribution in [0.1, 0.15) is 29.9 Å². The monoisotopic (exact) mass is 258 g/mol.